The van der Waals surface area contributed by atoms with Gasteiger partial charge in [0, 0.05) is 36.9 Å². The van der Waals surface area contributed by atoms with Crippen LogP contribution >= 0.6 is 0 Å². The van der Waals surface area contributed by atoms with Gasteiger partial charge in [-0.25, -0.2) is 8.78 Å². The molecule has 0 atom stereocenters. The molecule has 30 heavy (non-hydrogen) atoms. The quantitative estimate of drug-likeness (QED) is 0.576. The van der Waals surface area contributed by atoms with Gasteiger partial charge in [0.1, 0.15) is 11.6 Å². The minimum atomic E-state index is -0.323. The minimum Gasteiger partial charge on any atom is -0.305 e. The Morgan fingerprint density at radius 3 is 2.23 bits per heavy atom. The first-order valence-corrected chi connectivity index (χ1v) is 10.2. The second-order valence-corrected chi connectivity index (χ2v) is 7.65. The zero-order valence-corrected chi connectivity index (χ0v) is 16.7. The van der Waals surface area contributed by atoms with E-state index in [0.717, 1.165) is 31.5 Å². The summed E-state index contributed by atoms with van der Waals surface area (Å²) in [5.74, 6) is -0.625. The third-order valence-electron chi connectivity index (χ3n) is 5.56. The van der Waals surface area contributed by atoms with Crippen molar-refractivity contribution >= 4 is 11.6 Å². The van der Waals surface area contributed by atoms with E-state index in [4.69, 9.17) is 0 Å². The van der Waals surface area contributed by atoms with Crippen LogP contribution in [0.25, 0.3) is 0 Å². The zero-order valence-electron chi connectivity index (χ0n) is 16.7. The predicted molar refractivity (Wildman–Crippen MR) is 114 cm³/mol. The summed E-state index contributed by atoms with van der Waals surface area (Å²) >= 11 is 0. The number of hydrogen-bond acceptors (Lipinski definition) is 2. The molecule has 5 heteroatoms. The van der Waals surface area contributed by atoms with Gasteiger partial charge in [0.05, 0.1) is 0 Å². The summed E-state index contributed by atoms with van der Waals surface area (Å²) in [6.07, 6.45) is 1.59. The summed E-state index contributed by atoms with van der Waals surface area (Å²) in [6.45, 7) is 2.30. The Hall–Kier alpha value is -3.05. The molecule has 0 radical (unpaired) electrons. The molecule has 1 saturated heterocycles. The lowest BCUT2D eigenvalue weighted by Gasteiger charge is -2.38. The molecule has 0 aliphatic carbocycles. The van der Waals surface area contributed by atoms with Crippen LogP contribution in [0.15, 0.2) is 78.9 Å². The molecule has 3 nitrogen and oxygen atoms in total. The molecule has 3 aromatic carbocycles. The van der Waals surface area contributed by atoms with Crippen molar-refractivity contribution in [2.45, 2.75) is 25.4 Å². The number of hydrogen-bond donors (Lipinski definition) is 0. The fourth-order valence-corrected chi connectivity index (χ4v) is 4.04. The third-order valence-corrected chi connectivity index (χ3v) is 5.56. The second kappa shape index (κ2) is 9.18. The van der Waals surface area contributed by atoms with E-state index in [-0.39, 0.29) is 23.6 Å². The first-order valence-electron chi connectivity index (χ1n) is 10.2. The number of piperidine rings is 1. The van der Waals surface area contributed by atoms with Crippen molar-refractivity contribution in [3.05, 3.63) is 102 Å². The number of carbonyl (C=O) groups excluding carboxylic acids is 1. The maximum Gasteiger partial charge on any atom is 0.258 e. The highest BCUT2D eigenvalue weighted by molar-refractivity contribution is 6.06. The van der Waals surface area contributed by atoms with Crippen LogP contribution in [0.1, 0.15) is 28.8 Å². The molecule has 0 N–H and O–H groups in total. The molecule has 1 heterocycles. The summed E-state index contributed by atoms with van der Waals surface area (Å²) in [5, 5.41) is 0. The molecule has 1 fully saturated rings. The van der Waals surface area contributed by atoms with Gasteiger partial charge in [0.15, 0.2) is 0 Å². The van der Waals surface area contributed by atoms with Crippen molar-refractivity contribution in [3.63, 3.8) is 0 Å². The number of likely N-dealkylation sites (tertiary alicyclic amines) is 1. The van der Waals surface area contributed by atoms with Gasteiger partial charge in [-0.1, -0.05) is 30.3 Å². The smallest absolute Gasteiger partial charge is 0.258 e. The first-order chi connectivity index (χ1) is 14.6. The Bertz CT molecular complexity index is 984. The molecule has 0 spiro atoms. The molecule has 0 unspecified atom stereocenters. The summed E-state index contributed by atoms with van der Waals surface area (Å²) in [6, 6.07) is 22.0. The first kappa shape index (κ1) is 20.2. The fraction of sp³-hybridized carbons (Fsp3) is 0.240. The van der Waals surface area contributed by atoms with Crippen LogP contribution in [-0.4, -0.2) is 29.9 Å². The summed E-state index contributed by atoms with van der Waals surface area (Å²) in [5.41, 5.74) is 2.27. The number of nitrogens with zero attached hydrogens (tertiary/aromatic N) is 2. The van der Waals surface area contributed by atoms with Crippen molar-refractivity contribution in [1.29, 1.82) is 0 Å². The van der Waals surface area contributed by atoms with E-state index in [1.54, 1.807) is 41.3 Å². The lowest BCUT2D eigenvalue weighted by atomic mass is 10.00. The molecule has 1 amide bonds. The van der Waals surface area contributed by atoms with Gasteiger partial charge in [-0.2, -0.15) is 0 Å². The SMILES string of the molecule is O=C(c1ccccc1)N(c1ccc(F)cc1)C1CCN(Cc2cccc(F)c2)CC1. The Morgan fingerprint density at radius 2 is 1.57 bits per heavy atom. The summed E-state index contributed by atoms with van der Waals surface area (Å²) in [4.78, 5) is 17.4. The molecule has 0 aromatic heterocycles. The number of benzene rings is 3. The van der Waals surface area contributed by atoms with Gasteiger partial charge >= 0.3 is 0 Å². The van der Waals surface area contributed by atoms with Gasteiger partial charge in [-0.05, 0) is 66.9 Å². The van der Waals surface area contributed by atoms with E-state index in [9.17, 15) is 13.6 Å². The average Bonchev–Trinajstić information content (AvgIpc) is 2.77. The summed E-state index contributed by atoms with van der Waals surface area (Å²) < 4.78 is 26.9. The number of rotatable bonds is 5. The topological polar surface area (TPSA) is 23.6 Å². The maximum absolute atomic E-state index is 13.5. The Balaban J connectivity index is 1.50. The minimum absolute atomic E-state index is 0.0203. The van der Waals surface area contributed by atoms with Crippen molar-refractivity contribution in [2.24, 2.45) is 0 Å². The molecule has 0 saturated carbocycles. The molecule has 1 aliphatic heterocycles. The van der Waals surface area contributed by atoms with Crippen molar-refractivity contribution in [1.82, 2.24) is 4.90 Å². The van der Waals surface area contributed by atoms with E-state index in [1.807, 2.05) is 24.3 Å². The van der Waals surface area contributed by atoms with Crippen LogP contribution in [0, 0.1) is 11.6 Å². The number of carbonyl (C=O) groups is 1. The van der Waals surface area contributed by atoms with Crippen molar-refractivity contribution in [2.75, 3.05) is 18.0 Å². The van der Waals surface area contributed by atoms with Gasteiger partial charge in [0.25, 0.3) is 5.91 Å². The Kier molecular flexibility index (Phi) is 6.19. The zero-order chi connectivity index (χ0) is 20.9. The number of amides is 1. The Labute approximate surface area is 175 Å². The van der Waals surface area contributed by atoms with Gasteiger partial charge in [-0.3, -0.25) is 9.69 Å². The van der Waals surface area contributed by atoms with Crippen LogP contribution in [0.4, 0.5) is 14.5 Å². The Morgan fingerprint density at radius 1 is 0.867 bits per heavy atom. The molecule has 1 aliphatic rings. The van der Waals surface area contributed by atoms with Gasteiger partial charge in [0.2, 0.25) is 0 Å². The molecular weight excluding hydrogens is 382 g/mol. The monoisotopic (exact) mass is 406 g/mol. The molecule has 4 rings (SSSR count). The fourth-order valence-electron chi connectivity index (χ4n) is 4.04. The highest BCUT2D eigenvalue weighted by Crippen LogP contribution is 2.27. The number of anilines is 1. The maximum atomic E-state index is 13.5. The van der Waals surface area contributed by atoms with Crippen LogP contribution < -0.4 is 4.90 Å². The van der Waals surface area contributed by atoms with Crippen molar-refractivity contribution < 1.29 is 13.6 Å². The predicted octanol–water partition coefficient (Wildman–Crippen LogP) is 5.28. The summed E-state index contributed by atoms with van der Waals surface area (Å²) in [7, 11) is 0. The second-order valence-electron chi connectivity index (χ2n) is 7.65. The lowest BCUT2D eigenvalue weighted by molar-refractivity contribution is 0.0958. The number of halogens is 2. The molecular formula is C25H24F2N2O. The normalized spacial score (nSPS) is 15.1. The van der Waals surface area contributed by atoms with Crippen LogP contribution in [0.5, 0.6) is 0 Å². The molecule has 154 valence electrons. The standard InChI is InChI=1S/C25H24F2N2O/c26-21-9-11-23(12-10-21)29(25(30)20-6-2-1-3-7-20)24-13-15-28(16-14-24)18-19-5-4-8-22(27)17-19/h1-12,17,24H,13-16,18H2. The highest BCUT2D eigenvalue weighted by Gasteiger charge is 2.30. The molecule has 3 aromatic rings. The van der Waals surface area contributed by atoms with Gasteiger partial charge in [-0.15, -0.1) is 0 Å². The van der Waals surface area contributed by atoms with Gasteiger partial charge < -0.3 is 4.90 Å². The largest absolute Gasteiger partial charge is 0.305 e. The van der Waals surface area contributed by atoms with Crippen LogP contribution in [0.2, 0.25) is 0 Å². The van der Waals surface area contributed by atoms with Crippen molar-refractivity contribution in [3.8, 4) is 0 Å². The third kappa shape index (κ3) is 4.74. The van der Waals surface area contributed by atoms with Crippen LogP contribution in [0.3, 0.4) is 0 Å². The van der Waals surface area contributed by atoms with E-state index in [1.165, 1.54) is 18.2 Å². The van der Waals surface area contributed by atoms with Crippen LogP contribution in [-0.2, 0) is 6.54 Å². The molecule has 0 bridgehead atoms. The van der Waals surface area contributed by atoms with E-state index >= 15 is 0 Å². The van der Waals surface area contributed by atoms with E-state index in [0.29, 0.717) is 17.8 Å². The average molecular weight is 406 g/mol. The van der Waals surface area contributed by atoms with E-state index < -0.39 is 0 Å². The highest BCUT2D eigenvalue weighted by atomic mass is 19.1. The lowest BCUT2D eigenvalue weighted by Crippen LogP contribution is -2.47. The van der Waals surface area contributed by atoms with E-state index in [2.05, 4.69) is 4.90 Å².